The lowest BCUT2D eigenvalue weighted by Crippen LogP contribution is -2.11. The highest BCUT2D eigenvalue weighted by atomic mass is 79.9. The van der Waals surface area contributed by atoms with Crippen LogP contribution >= 0.6 is 27.3 Å². The Balaban J connectivity index is 2.18. The largest absolute Gasteiger partial charge is 0.302 e. The molecule has 1 amide bonds. The van der Waals surface area contributed by atoms with E-state index >= 15 is 0 Å². The number of halogens is 1. The maximum absolute atomic E-state index is 11.4. The summed E-state index contributed by atoms with van der Waals surface area (Å²) in [5, 5.41) is 16.2. The van der Waals surface area contributed by atoms with E-state index in [0.717, 1.165) is 0 Å². The summed E-state index contributed by atoms with van der Waals surface area (Å²) in [4.78, 5) is 26.0. The van der Waals surface area contributed by atoms with E-state index in [-0.39, 0.29) is 11.6 Å². The van der Waals surface area contributed by atoms with Gasteiger partial charge in [-0.05, 0) is 0 Å². The van der Waals surface area contributed by atoms with E-state index in [1.807, 2.05) is 0 Å². The Morgan fingerprint density at radius 1 is 1.50 bits per heavy atom. The Bertz CT molecular complexity index is 644. The number of anilines is 1. The number of aromatic nitrogens is 1. The number of hydrogen-bond donors (Lipinski definition) is 1. The Kier molecular flexibility index (Phi) is 4.80. The van der Waals surface area contributed by atoms with Gasteiger partial charge in [0.25, 0.3) is 5.69 Å². The van der Waals surface area contributed by atoms with Crippen molar-refractivity contribution in [2.75, 3.05) is 10.6 Å². The van der Waals surface area contributed by atoms with Gasteiger partial charge in [-0.1, -0.05) is 28.1 Å². The summed E-state index contributed by atoms with van der Waals surface area (Å²) in [7, 11) is 0. The maximum atomic E-state index is 11.4. The van der Waals surface area contributed by atoms with E-state index in [1.165, 1.54) is 23.5 Å². The number of nitro benzene ring substituents is 1. The molecule has 104 valence electrons. The molecule has 0 radical (unpaired) electrons. The highest BCUT2D eigenvalue weighted by molar-refractivity contribution is 9.09. The van der Waals surface area contributed by atoms with Crippen LogP contribution in [-0.2, 0) is 4.79 Å². The molecular formula is C12H10BrN3O3S. The number of alkyl halides is 1. The van der Waals surface area contributed by atoms with Crippen LogP contribution < -0.4 is 5.32 Å². The van der Waals surface area contributed by atoms with Gasteiger partial charge in [0.05, 0.1) is 10.6 Å². The number of nitrogens with zero attached hydrogens (tertiary/aromatic N) is 2. The van der Waals surface area contributed by atoms with Gasteiger partial charge in [0.15, 0.2) is 5.13 Å². The van der Waals surface area contributed by atoms with Crippen LogP contribution in [0.15, 0.2) is 29.6 Å². The molecule has 0 unspecified atom stereocenters. The molecule has 1 aromatic carbocycles. The molecule has 1 aromatic heterocycles. The number of carbonyl (C=O) groups is 1. The van der Waals surface area contributed by atoms with Crippen LogP contribution in [0, 0.1) is 10.1 Å². The topological polar surface area (TPSA) is 85.1 Å². The summed E-state index contributed by atoms with van der Waals surface area (Å²) in [6, 6.07) is 6.23. The molecule has 0 spiro atoms. The minimum absolute atomic E-state index is 0.0142. The molecule has 1 N–H and O–H groups in total. The molecule has 2 aromatic rings. The molecule has 0 aliphatic heterocycles. The fourth-order valence-electron chi connectivity index (χ4n) is 1.51. The van der Waals surface area contributed by atoms with Gasteiger partial charge >= 0.3 is 0 Å². The number of nitrogens with one attached hydrogen (secondary N) is 1. The van der Waals surface area contributed by atoms with E-state index in [2.05, 4.69) is 26.2 Å². The summed E-state index contributed by atoms with van der Waals surface area (Å²) in [5.41, 5.74) is 1.27. The minimum Gasteiger partial charge on any atom is -0.302 e. The van der Waals surface area contributed by atoms with Crippen molar-refractivity contribution in [3.05, 3.63) is 39.8 Å². The number of nitro groups is 1. The SMILES string of the molecule is O=C(CCBr)Nc1nc(-c2cccc([N+](=O)[O-])c2)cs1. The van der Waals surface area contributed by atoms with Crippen molar-refractivity contribution in [1.82, 2.24) is 4.98 Å². The normalized spacial score (nSPS) is 10.2. The second-order valence-electron chi connectivity index (χ2n) is 3.83. The Labute approximate surface area is 127 Å². The van der Waals surface area contributed by atoms with E-state index in [0.29, 0.717) is 28.1 Å². The van der Waals surface area contributed by atoms with Gasteiger partial charge in [-0.2, -0.15) is 0 Å². The van der Waals surface area contributed by atoms with Crippen LogP contribution in [0.2, 0.25) is 0 Å². The Morgan fingerprint density at radius 2 is 2.30 bits per heavy atom. The third-order valence-electron chi connectivity index (χ3n) is 2.42. The third-order valence-corrected chi connectivity index (χ3v) is 3.58. The van der Waals surface area contributed by atoms with E-state index in [4.69, 9.17) is 0 Å². The zero-order valence-electron chi connectivity index (χ0n) is 10.2. The van der Waals surface area contributed by atoms with Crippen molar-refractivity contribution in [2.45, 2.75) is 6.42 Å². The van der Waals surface area contributed by atoms with Crippen molar-refractivity contribution in [1.29, 1.82) is 0 Å². The lowest BCUT2D eigenvalue weighted by atomic mass is 10.1. The lowest BCUT2D eigenvalue weighted by molar-refractivity contribution is -0.384. The summed E-state index contributed by atoms with van der Waals surface area (Å²) < 4.78 is 0. The molecule has 0 saturated heterocycles. The number of amides is 1. The predicted octanol–water partition coefficient (Wildman–Crippen LogP) is 3.44. The summed E-state index contributed by atoms with van der Waals surface area (Å²) in [6.45, 7) is 0. The summed E-state index contributed by atoms with van der Waals surface area (Å²) >= 11 is 4.47. The fourth-order valence-corrected chi connectivity index (χ4v) is 2.61. The van der Waals surface area contributed by atoms with Crippen molar-refractivity contribution in [2.24, 2.45) is 0 Å². The first-order chi connectivity index (χ1) is 9.60. The molecule has 0 saturated carbocycles. The van der Waals surface area contributed by atoms with Crippen molar-refractivity contribution >= 4 is 44.0 Å². The van der Waals surface area contributed by atoms with E-state index < -0.39 is 4.92 Å². The molecule has 0 bridgehead atoms. The number of non-ortho nitro benzene ring substituents is 1. The first-order valence-electron chi connectivity index (χ1n) is 5.66. The highest BCUT2D eigenvalue weighted by Crippen LogP contribution is 2.27. The highest BCUT2D eigenvalue weighted by Gasteiger charge is 2.11. The first-order valence-corrected chi connectivity index (χ1v) is 7.66. The zero-order valence-corrected chi connectivity index (χ0v) is 12.6. The van der Waals surface area contributed by atoms with Crippen molar-refractivity contribution in [3.8, 4) is 11.3 Å². The molecule has 0 aliphatic carbocycles. The van der Waals surface area contributed by atoms with Crippen LogP contribution in [0.25, 0.3) is 11.3 Å². The van der Waals surface area contributed by atoms with Gasteiger partial charge in [0, 0.05) is 34.8 Å². The number of thiazole rings is 1. The third kappa shape index (κ3) is 3.61. The molecule has 0 aliphatic rings. The molecule has 0 atom stereocenters. The predicted molar refractivity (Wildman–Crippen MR) is 81.2 cm³/mol. The standard InChI is InChI=1S/C12H10BrN3O3S/c13-5-4-11(17)15-12-14-10(7-20-12)8-2-1-3-9(6-8)16(18)19/h1-3,6-7H,4-5H2,(H,14,15,17). The quantitative estimate of drug-likeness (QED) is 0.505. The van der Waals surface area contributed by atoms with Crippen LogP contribution in [0.4, 0.5) is 10.8 Å². The van der Waals surface area contributed by atoms with Crippen LogP contribution in [0.3, 0.4) is 0 Å². The van der Waals surface area contributed by atoms with Gasteiger partial charge in [-0.3, -0.25) is 14.9 Å². The molecule has 6 nitrogen and oxygen atoms in total. The molecular weight excluding hydrogens is 346 g/mol. The zero-order chi connectivity index (χ0) is 14.5. The molecule has 20 heavy (non-hydrogen) atoms. The van der Waals surface area contributed by atoms with Crippen LogP contribution in [0.5, 0.6) is 0 Å². The van der Waals surface area contributed by atoms with Gasteiger partial charge in [0.2, 0.25) is 5.91 Å². The lowest BCUT2D eigenvalue weighted by Gasteiger charge is -1.99. The van der Waals surface area contributed by atoms with Crippen molar-refractivity contribution in [3.63, 3.8) is 0 Å². The summed E-state index contributed by atoms with van der Waals surface area (Å²) in [5.74, 6) is -0.123. The van der Waals surface area contributed by atoms with Crippen LogP contribution in [0.1, 0.15) is 6.42 Å². The second kappa shape index (κ2) is 6.58. The van der Waals surface area contributed by atoms with Crippen LogP contribution in [-0.4, -0.2) is 21.1 Å². The minimum atomic E-state index is -0.450. The Hall–Kier alpha value is -1.80. The molecule has 0 fully saturated rings. The monoisotopic (exact) mass is 355 g/mol. The molecule has 1 heterocycles. The average Bonchev–Trinajstić information content (AvgIpc) is 2.87. The van der Waals surface area contributed by atoms with Gasteiger partial charge in [0.1, 0.15) is 0 Å². The van der Waals surface area contributed by atoms with E-state index in [9.17, 15) is 14.9 Å². The molecule has 2 rings (SSSR count). The van der Waals surface area contributed by atoms with E-state index in [1.54, 1.807) is 17.5 Å². The maximum Gasteiger partial charge on any atom is 0.270 e. The van der Waals surface area contributed by atoms with Gasteiger partial charge in [-0.15, -0.1) is 11.3 Å². The summed E-state index contributed by atoms with van der Waals surface area (Å²) in [6.07, 6.45) is 0.367. The fraction of sp³-hybridized carbons (Fsp3) is 0.167. The number of rotatable bonds is 5. The van der Waals surface area contributed by atoms with Gasteiger partial charge in [-0.25, -0.2) is 4.98 Å². The number of hydrogen-bond acceptors (Lipinski definition) is 5. The Morgan fingerprint density at radius 3 is 3.00 bits per heavy atom. The first kappa shape index (κ1) is 14.6. The van der Waals surface area contributed by atoms with Gasteiger partial charge < -0.3 is 5.32 Å². The average molecular weight is 356 g/mol. The number of carbonyl (C=O) groups excluding carboxylic acids is 1. The van der Waals surface area contributed by atoms with Crippen molar-refractivity contribution < 1.29 is 9.72 Å². The molecule has 8 heteroatoms. The second-order valence-corrected chi connectivity index (χ2v) is 5.48. The number of benzene rings is 1. The smallest absolute Gasteiger partial charge is 0.270 e.